The maximum Gasteiger partial charge on any atom is 0.434 e. The Morgan fingerprint density at radius 1 is 1.28 bits per heavy atom. The molecule has 0 radical (unpaired) electrons. The van der Waals surface area contributed by atoms with Crippen molar-refractivity contribution >= 4 is 6.09 Å². The Morgan fingerprint density at radius 3 is 2.56 bits per heavy atom. The molecule has 1 amide bonds. The number of aromatic amines is 1. The fourth-order valence-electron chi connectivity index (χ4n) is 3.10. The summed E-state index contributed by atoms with van der Waals surface area (Å²) >= 11 is 0. The molecule has 25 heavy (non-hydrogen) atoms. The van der Waals surface area contributed by atoms with Gasteiger partial charge >= 0.3 is 11.8 Å². The zero-order valence-corrected chi connectivity index (χ0v) is 14.3. The number of amides is 1. The summed E-state index contributed by atoms with van der Waals surface area (Å²) in [6, 6.07) is 8.60. The number of aryl methyl sites for hydroxylation is 2. The van der Waals surface area contributed by atoms with E-state index in [9.17, 15) is 14.7 Å². The fourth-order valence-corrected chi connectivity index (χ4v) is 3.10. The third kappa shape index (κ3) is 4.23. The Balaban J connectivity index is 1.46. The number of nitrogens with one attached hydrogen (secondary N) is 1. The quantitative estimate of drug-likeness (QED) is 0.888. The van der Waals surface area contributed by atoms with Crippen LogP contribution in [0.5, 0.6) is 5.88 Å². The van der Waals surface area contributed by atoms with Crippen molar-refractivity contribution in [2.45, 2.75) is 32.6 Å². The number of carbonyl (C=O) groups is 1. The van der Waals surface area contributed by atoms with Gasteiger partial charge < -0.3 is 19.8 Å². The lowest BCUT2D eigenvalue weighted by Crippen LogP contribution is -2.44. The zero-order chi connectivity index (χ0) is 17.8. The van der Waals surface area contributed by atoms with Crippen LogP contribution in [-0.2, 0) is 6.42 Å². The second kappa shape index (κ2) is 7.46. The summed E-state index contributed by atoms with van der Waals surface area (Å²) in [6.45, 7) is 3.27. The highest BCUT2D eigenvalue weighted by Gasteiger charge is 2.25. The second-order valence-electron chi connectivity index (χ2n) is 6.56. The van der Waals surface area contributed by atoms with Crippen molar-refractivity contribution < 1.29 is 14.7 Å². The van der Waals surface area contributed by atoms with Crippen LogP contribution >= 0.6 is 0 Å². The summed E-state index contributed by atoms with van der Waals surface area (Å²) in [6.07, 6.45) is 4.43. The molecule has 1 aliphatic rings. The van der Waals surface area contributed by atoms with E-state index < -0.39 is 17.7 Å². The van der Waals surface area contributed by atoms with E-state index in [1.807, 2.05) is 0 Å². The van der Waals surface area contributed by atoms with Gasteiger partial charge in [-0.15, -0.1) is 0 Å². The molecule has 134 valence electrons. The molecule has 7 heteroatoms. The Hall–Kier alpha value is -2.70. The van der Waals surface area contributed by atoms with Crippen LogP contribution in [0.3, 0.4) is 0 Å². The van der Waals surface area contributed by atoms with Crippen molar-refractivity contribution in [1.29, 1.82) is 0 Å². The smallest absolute Gasteiger partial charge is 0.434 e. The monoisotopic (exact) mass is 345 g/mol. The number of hydrogen-bond acceptors (Lipinski definition) is 4. The van der Waals surface area contributed by atoms with E-state index in [1.54, 1.807) is 4.90 Å². The SMILES string of the molecule is Cc1ccc(CCC2CCN(C(=O)On3c(O)c[nH]c3=O)CC2)cc1. The van der Waals surface area contributed by atoms with Gasteiger partial charge in [-0.3, -0.25) is 0 Å². The summed E-state index contributed by atoms with van der Waals surface area (Å²) in [7, 11) is 0. The third-order valence-electron chi connectivity index (χ3n) is 4.72. The van der Waals surface area contributed by atoms with E-state index >= 15 is 0 Å². The Labute approximate surface area is 145 Å². The Morgan fingerprint density at radius 2 is 1.96 bits per heavy atom. The third-order valence-corrected chi connectivity index (χ3v) is 4.72. The minimum Gasteiger partial charge on any atom is -0.491 e. The van der Waals surface area contributed by atoms with Gasteiger partial charge in [-0.2, -0.15) is 0 Å². The molecular weight excluding hydrogens is 322 g/mol. The first-order valence-corrected chi connectivity index (χ1v) is 8.55. The molecule has 0 saturated carbocycles. The molecule has 1 aliphatic heterocycles. The molecule has 3 rings (SSSR count). The van der Waals surface area contributed by atoms with E-state index in [0.29, 0.717) is 23.7 Å². The van der Waals surface area contributed by atoms with Crippen LogP contribution in [0, 0.1) is 12.8 Å². The van der Waals surface area contributed by atoms with Gasteiger partial charge in [0.1, 0.15) is 0 Å². The van der Waals surface area contributed by atoms with Gasteiger partial charge in [0.25, 0.3) is 0 Å². The maximum atomic E-state index is 12.1. The number of carbonyl (C=O) groups excluding carboxylic acids is 1. The fraction of sp³-hybridized carbons (Fsp3) is 0.444. The van der Waals surface area contributed by atoms with Crippen molar-refractivity contribution in [3.63, 3.8) is 0 Å². The molecule has 0 aliphatic carbocycles. The minimum absolute atomic E-state index is 0.425. The molecule has 0 bridgehead atoms. The highest BCUT2D eigenvalue weighted by Crippen LogP contribution is 2.22. The van der Waals surface area contributed by atoms with E-state index in [-0.39, 0.29) is 0 Å². The first kappa shape index (κ1) is 17.1. The number of likely N-dealkylation sites (tertiary alicyclic amines) is 1. The number of aromatic nitrogens is 2. The molecule has 2 N–H and O–H groups in total. The number of rotatable bonds is 4. The van der Waals surface area contributed by atoms with Crippen LogP contribution in [0.4, 0.5) is 4.79 Å². The number of H-pyrrole nitrogens is 1. The largest absolute Gasteiger partial charge is 0.491 e. The molecule has 1 fully saturated rings. The van der Waals surface area contributed by atoms with Crippen molar-refractivity contribution in [3.8, 4) is 5.88 Å². The first-order chi connectivity index (χ1) is 12.0. The molecule has 0 atom stereocenters. The molecule has 1 aromatic heterocycles. The van der Waals surface area contributed by atoms with Crippen LogP contribution in [-0.4, -0.2) is 38.9 Å². The molecular formula is C18H23N3O4. The summed E-state index contributed by atoms with van der Waals surface area (Å²) in [4.78, 5) is 32.3. The molecule has 0 unspecified atom stereocenters. The van der Waals surface area contributed by atoms with Crippen molar-refractivity contribution in [2.24, 2.45) is 5.92 Å². The molecule has 1 aromatic carbocycles. The summed E-state index contributed by atoms with van der Waals surface area (Å²) in [5, 5.41) is 9.45. The molecule has 2 heterocycles. The van der Waals surface area contributed by atoms with Crippen LogP contribution in [0.25, 0.3) is 0 Å². The van der Waals surface area contributed by atoms with Crippen LogP contribution < -0.4 is 10.5 Å². The maximum absolute atomic E-state index is 12.1. The molecule has 1 saturated heterocycles. The molecule has 7 nitrogen and oxygen atoms in total. The summed E-state index contributed by atoms with van der Waals surface area (Å²) in [5.41, 5.74) is 1.93. The lowest BCUT2D eigenvalue weighted by atomic mass is 9.90. The topological polar surface area (TPSA) is 87.6 Å². The Kier molecular flexibility index (Phi) is 5.11. The summed E-state index contributed by atoms with van der Waals surface area (Å²) in [5.74, 6) is 0.153. The van der Waals surface area contributed by atoms with Gasteiger partial charge in [-0.05, 0) is 44.1 Å². The van der Waals surface area contributed by atoms with E-state index in [4.69, 9.17) is 4.84 Å². The number of aromatic hydroxyl groups is 1. The van der Waals surface area contributed by atoms with E-state index in [1.165, 1.54) is 11.1 Å². The second-order valence-corrected chi connectivity index (χ2v) is 6.56. The number of hydrogen-bond donors (Lipinski definition) is 2. The van der Waals surface area contributed by atoms with Gasteiger partial charge in [0, 0.05) is 13.1 Å². The van der Waals surface area contributed by atoms with E-state index in [2.05, 4.69) is 36.2 Å². The molecule has 2 aromatic rings. The van der Waals surface area contributed by atoms with E-state index in [0.717, 1.165) is 31.9 Å². The van der Waals surface area contributed by atoms with Crippen molar-refractivity contribution in [1.82, 2.24) is 14.6 Å². The predicted octanol–water partition coefficient (Wildman–Crippen LogP) is 2.08. The standard InChI is InChI=1S/C18H23N3O4/c1-13-2-4-14(5-3-13)6-7-15-8-10-20(11-9-15)18(24)25-21-16(22)12-19-17(21)23/h2-5,12,15,22H,6-11H2,1H3,(H,19,23). The van der Waals surface area contributed by atoms with Crippen LogP contribution in [0.1, 0.15) is 30.4 Å². The highest BCUT2D eigenvalue weighted by molar-refractivity contribution is 5.68. The van der Waals surface area contributed by atoms with Crippen molar-refractivity contribution in [3.05, 3.63) is 52.1 Å². The molecule has 0 spiro atoms. The lowest BCUT2D eigenvalue weighted by Gasteiger charge is -2.31. The average Bonchev–Trinajstić information content (AvgIpc) is 2.93. The van der Waals surface area contributed by atoms with Gasteiger partial charge in [-0.1, -0.05) is 34.6 Å². The van der Waals surface area contributed by atoms with Gasteiger partial charge in [0.05, 0.1) is 6.20 Å². The Bertz CT molecular complexity index is 770. The average molecular weight is 345 g/mol. The lowest BCUT2D eigenvalue weighted by molar-refractivity contribution is 0.0680. The first-order valence-electron chi connectivity index (χ1n) is 8.55. The number of benzene rings is 1. The van der Waals surface area contributed by atoms with Crippen LogP contribution in [0.15, 0.2) is 35.3 Å². The predicted molar refractivity (Wildman–Crippen MR) is 92.5 cm³/mol. The van der Waals surface area contributed by atoms with Crippen LogP contribution in [0.2, 0.25) is 0 Å². The normalized spacial score (nSPS) is 15.3. The zero-order valence-electron chi connectivity index (χ0n) is 14.3. The highest BCUT2D eigenvalue weighted by atomic mass is 16.7. The van der Waals surface area contributed by atoms with Crippen molar-refractivity contribution in [2.75, 3.05) is 13.1 Å². The van der Waals surface area contributed by atoms with Gasteiger partial charge in [0.15, 0.2) is 0 Å². The number of imidazole rings is 1. The van der Waals surface area contributed by atoms with Gasteiger partial charge in [0.2, 0.25) is 5.88 Å². The minimum atomic E-state index is -0.682. The number of piperidine rings is 1. The van der Waals surface area contributed by atoms with Gasteiger partial charge in [-0.25, -0.2) is 9.59 Å². The number of nitrogens with zero attached hydrogens (tertiary/aromatic N) is 2. The summed E-state index contributed by atoms with van der Waals surface area (Å²) < 4.78 is 0.561.